The molecule has 0 fully saturated rings. The summed E-state index contributed by atoms with van der Waals surface area (Å²) >= 11 is 0. The molecule has 0 aromatic heterocycles. The van der Waals surface area contributed by atoms with Gasteiger partial charge in [0, 0.05) is 31.1 Å². The van der Waals surface area contributed by atoms with Crippen LogP contribution >= 0.6 is 0 Å². The van der Waals surface area contributed by atoms with Crippen LogP contribution in [-0.2, 0) is 4.65 Å². The molecule has 0 saturated carbocycles. The molecule has 3 heteroatoms. The van der Waals surface area contributed by atoms with Crippen molar-refractivity contribution in [3.8, 4) is 0 Å². The molecule has 0 bridgehead atoms. The molecule has 0 heterocycles. The first-order valence-electron chi connectivity index (χ1n) is 4.72. The third-order valence-electron chi connectivity index (χ3n) is 2.44. The molecular formula is C10H21BOU-. The van der Waals surface area contributed by atoms with Gasteiger partial charge in [-0.2, -0.15) is 13.8 Å². The van der Waals surface area contributed by atoms with Gasteiger partial charge in [0.25, 0.3) is 7.48 Å². The Morgan fingerprint density at radius 2 is 1.85 bits per heavy atom. The summed E-state index contributed by atoms with van der Waals surface area (Å²) < 4.78 is 5.68. The maximum Gasteiger partial charge on any atom is 0.291 e. The first-order valence-corrected chi connectivity index (χ1v) is 4.72. The summed E-state index contributed by atoms with van der Waals surface area (Å²) in [5.41, 5.74) is -0.108. The predicted octanol–water partition coefficient (Wildman–Crippen LogP) is 3.23. The van der Waals surface area contributed by atoms with E-state index in [-0.39, 0.29) is 36.7 Å². The van der Waals surface area contributed by atoms with Crippen molar-refractivity contribution in [2.75, 3.05) is 0 Å². The fourth-order valence-corrected chi connectivity index (χ4v) is 0.500. The first kappa shape index (κ1) is 16.5. The molecule has 0 spiro atoms. The van der Waals surface area contributed by atoms with Crippen molar-refractivity contribution in [3.05, 3.63) is 5.92 Å². The molecular weight excluding hydrogens is 385 g/mol. The second kappa shape index (κ2) is 7.38. The van der Waals surface area contributed by atoms with Gasteiger partial charge >= 0.3 is 0 Å². The average Bonchev–Trinajstić information content (AvgIpc) is 2.00. The van der Waals surface area contributed by atoms with Crippen LogP contribution < -0.4 is 0 Å². The van der Waals surface area contributed by atoms with Crippen LogP contribution in [-0.4, -0.2) is 13.1 Å². The zero-order chi connectivity index (χ0) is 9.78. The smallest absolute Gasteiger partial charge is 0.291 e. The van der Waals surface area contributed by atoms with Gasteiger partial charge in [-0.25, -0.2) is 0 Å². The van der Waals surface area contributed by atoms with Crippen LogP contribution in [0.1, 0.15) is 48.0 Å². The third-order valence-corrected chi connectivity index (χ3v) is 2.44. The predicted molar refractivity (Wildman–Crippen MR) is 55.2 cm³/mol. The van der Waals surface area contributed by atoms with Crippen LogP contribution in [0.5, 0.6) is 0 Å². The maximum atomic E-state index is 5.68. The van der Waals surface area contributed by atoms with Crippen molar-refractivity contribution >= 4 is 7.48 Å². The number of rotatable bonds is 5. The average molecular weight is 406 g/mol. The van der Waals surface area contributed by atoms with Crippen LogP contribution in [0, 0.1) is 37.0 Å². The molecule has 0 rings (SSSR count). The second-order valence-electron chi connectivity index (χ2n) is 4.15. The molecule has 0 saturated heterocycles. The molecule has 1 unspecified atom stereocenters. The van der Waals surface area contributed by atoms with Crippen molar-refractivity contribution in [2.45, 2.75) is 59.4 Å². The summed E-state index contributed by atoms with van der Waals surface area (Å²) in [6, 6.07) is 0. The molecule has 0 amide bonds. The van der Waals surface area contributed by atoms with Gasteiger partial charge in [0.15, 0.2) is 0 Å². The largest absolute Gasteiger partial charge is 0.464 e. The fraction of sp³-hybridized carbons (Fsp3) is 0.900. The molecule has 0 aliphatic rings. The Morgan fingerprint density at radius 1 is 1.38 bits per heavy atom. The van der Waals surface area contributed by atoms with E-state index in [0.29, 0.717) is 5.82 Å². The minimum absolute atomic E-state index is 0. The summed E-state index contributed by atoms with van der Waals surface area (Å²) in [5.74, 6) is 1.85. The van der Waals surface area contributed by atoms with Gasteiger partial charge in [-0.1, -0.05) is 39.7 Å². The molecule has 1 atom stereocenters. The van der Waals surface area contributed by atoms with Crippen LogP contribution in [0.3, 0.4) is 0 Å². The van der Waals surface area contributed by atoms with Crippen LogP contribution in [0.4, 0.5) is 0 Å². The zero-order valence-electron chi connectivity index (χ0n) is 9.77. The second-order valence-corrected chi connectivity index (χ2v) is 4.15. The van der Waals surface area contributed by atoms with Gasteiger partial charge < -0.3 is 4.65 Å². The normalized spacial score (nSPS) is 13.8. The van der Waals surface area contributed by atoms with Crippen molar-refractivity contribution < 1.29 is 35.8 Å². The van der Waals surface area contributed by atoms with Crippen molar-refractivity contribution in [1.29, 1.82) is 0 Å². The van der Waals surface area contributed by atoms with E-state index in [4.69, 9.17) is 4.65 Å². The number of hydrogen-bond acceptors (Lipinski definition) is 1. The van der Waals surface area contributed by atoms with Crippen LogP contribution in [0.25, 0.3) is 0 Å². The summed E-state index contributed by atoms with van der Waals surface area (Å²) in [5, 5.41) is 0. The van der Waals surface area contributed by atoms with Gasteiger partial charge in [0.05, 0.1) is 0 Å². The summed E-state index contributed by atoms with van der Waals surface area (Å²) in [6.45, 7) is 12.7. The molecule has 0 aliphatic carbocycles. The van der Waals surface area contributed by atoms with Gasteiger partial charge in [-0.15, -0.1) is 0 Å². The van der Waals surface area contributed by atoms with Crippen molar-refractivity contribution in [2.24, 2.45) is 0 Å². The molecule has 0 aliphatic heterocycles. The minimum Gasteiger partial charge on any atom is -0.464 e. The summed E-state index contributed by atoms with van der Waals surface area (Å²) in [7, 11) is 1.95. The Hall–Kier alpha value is 1.08. The van der Waals surface area contributed by atoms with Crippen LogP contribution in [0.2, 0.25) is 5.82 Å². The maximum absolute atomic E-state index is 5.68. The van der Waals surface area contributed by atoms with Crippen molar-refractivity contribution in [3.63, 3.8) is 0 Å². The monoisotopic (exact) mass is 406 g/mol. The van der Waals surface area contributed by atoms with E-state index in [9.17, 15) is 0 Å². The molecule has 0 aromatic rings. The molecule has 0 aromatic carbocycles. The van der Waals surface area contributed by atoms with Gasteiger partial charge in [0.2, 0.25) is 0 Å². The molecule has 75 valence electrons. The van der Waals surface area contributed by atoms with Gasteiger partial charge in [-0.05, 0) is 5.82 Å². The Morgan fingerprint density at radius 3 is 2.15 bits per heavy atom. The van der Waals surface area contributed by atoms with Gasteiger partial charge in [-0.3, -0.25) is 5.92 Å². The molecule has 1 radical (unpaired) electrons. The van der Waals surface area contributed by atoms with Gasteiger partial charge in [0.1, 0.15) is 0 Å². The fourth-order valence-electron chi connectivity index (χ4n) is 0.500. The first-order chi connectivity index (χ1) is 5.40. The summed E-state index contributed by atoms with van der Waals surface area (Å²) in [4.78, 5) is 0. The Bertz CT molecular complexity index is 126. The zero-order valence-corrected chi connectivity index (χ0v) is 13.9. The van der Waals surface area contributed by atoms with E-state index in [1.807, 2.05) is 7.48 Å². The van der Waals surface area contributed by atoms with E-state index >= 15 is 0 Å². The topological polar surface area (TPSA) is 9.23 Å². The summed E-state index contributed by atoms with van der Waals surface area (Å²) in [6.07, 6.45) is 1.14. The van der Waals surface area contributed by atoms with Crippen molar-refractivity contribution in [1.82, 2.24) is 0 Å². The van der Waals surface area contributed by atoms with E-state index in [1.165, 1.54) is 5.92 Å². The van der Waals surface area contributed by atoms with E-state index < -0.39 is 0 Å². The standard InChI is InChI=1S/C10H21BO.U/c1-7-9(4)11-12-10(5,6)8(2)3;/h9H,7H2,1-6H3;/q-1;. The van der Waals surface area contributed by atoms with E-state index in [2.05, 4.69) is 41.5 Å². The minimum atomic E-state index is -0.108. The Labute approximate surface area is 108 Å². The third kappa shape index (κ3) is 7.06. The quantitative estimate of drug-likeness (QED) is 0.504. The molecule has 0 N–H and O–H groups in total. The van der Waals surface area contributed by atoms with E-state index in [0.717, 1.165) is 6.42 Å². The Balaban J connectivity index is 0. The SMILES string of the molecule is CCC(C)[B]OC(C)(C)[C-](C)C.[U]. The number of hydrogen-bond donors (Lipinski definition) is 0. The molecule has 13 heavy (non-hydrogen) atoms. The Kier molecular flexibility index (Phi) is 9.37. The molecule has 1 nitrogen and oxygen atoms in total. The van der Waals surface area contributed by atoms with E-state index in [1.54, 1.807) is 0 Å². The van der Waals surface area contributed by atoms with Crippen LogP contribution in [0.15, 0.2) is 0 Å².